The van der Waals surface area contributed by atoms with Crippen molar-refractivity contribution >= 4 is 5.97 Å². The molecule has 104 valence electrons. The van der Waals surface area contributed by atoms with Gasteiger partial charge in [0, 0.05) is 18.5 Å². The summed E-state index contributed by atoms with van der Waals surface area (Å²) < 4.78 is 1.96. The lowest BCUT2D eigenvalue weighted by molar-refractivity contribution is -0.142. The van der Waals surface area contributed by atoms with Crippen molar-refractivity contribution in [2.24, 2.45) is 5.92 Å². The summed E-state index contributed by atoms with van der Waals surface area (Å²) in [5.74, 6) is 0.587. The first-order chi connectivity index (χ1) is 9.58. The Hall–Kier alpha value is -2.17. The van der Waals surface area contributed by atoms with E-state index in [1.54, 1.807) is 0 Å². The molecule has 0 amide bonds. The highest BCUT2D eigenvalue weighted by molar-refractivity contribution is 5.70. The molecule has 0 spiro atoms. The molecule has 20 heavy (non-hydrogen) atoms. The molecule has 0 saturated carbocycles. The Morgan fingerprint density at radius 3 is 2.90 bits per heavy atom. The fraction of sp³-hybridized carbons (Fsp3) is 0.400. The van der Waals surface area contributed by atoms with E-state index in [2.05, 4.69) is 30.1 Å². The number of carbonyl (C=O) groups is 1. The minimum atomic E-state index is -0.740. The van der Waals surface area contributed by atoms with Gasteiger partial charge in [-0.1, -0.05) is 18.2 Å². The molecule has 1 aromatic carbocycles. The van der Waals surface area contributed by atoms with Gasteiger partial charge in [0.1, 0.15) is 5.82 Å². The first kappa shape index (κ1) is 12.8. The molecule has 5 nitrogen and oxygen atoms in total. The first-order valence-electron chi connectivity index (χ1n) is 6.79. The summed E-state index contributed by atoms with van der Waals surface area (Å²) >= 11 is 0. The lowest BCUT2D eigenvalue weighted by Gasteiger charge is -2.21. The third-order valence-electron chi connectivity index (χ3n) is 4.14. The number of rotatable bonds is 2. The van der Waals surface area contributed by atoms with Crippen molar-refractivity contribution < 1.29 is 9.90 Å². The van der Waals surface area contributed by atoms with Crippen LogP contribution in [0.1, 0.15) is 23.4 Å². The van der Waals surface area contributed by atoms with Crippen LogP contribution in [0.15, 0.2) is 18.2 Å². The minimum Gasteiger partial charge on any atom is -0.481 e. The van der Waals surface area contributed by atoms with E-state index in [-0.39, 0.29) is 5.92 Å². The van der Waals surface area contributed by atoms with Gasteiger partial charge in [0.2, 0.25) is 0 Å². The second-order valence-electron chi connectivity index (χ2n) is 5.37. The summed E-state index contributed by atoms with van der Waals surface area (Å²) in [7, 11) is 0. The predicted molar refractivity (Wildman–Crippen MR) is 74.4 cm³/mol. The number of carboxylic acids is 1. The van der Waals surface area contributed by atoms with E-state index in [0.717, 1.165) is 17.2 Å². The fourth-order valence-corrected chi connectivity index (χ4v) is 2.72. The van der Waals surface area contributed by atoms with Crippen molar-refractivity contribution in [1.82, 2.24) is 14.8 Å². The van der Waals surface area contributed by atoms with Crippen LogP contribution in [0.4, 0.5) is 0 Å². The molecule has 2 aromatic rings. The van der Waals surface area contributed by atoms with Gasteiger partial charge in [-0.3, -0.25) is 4.79 Å². The zero-order valence-corrected chi connectivity index (χ0v) is 11.6. The number of carboxylic acid groups (broad SMARTS) is 1. The molecule has 1 N–H and O–H groups in total. The molecule has 5 heteroatoms. The number of hydrogen-bond donors (Lipinski definition) is 1. The van der Waals surface area contributed by atoms with E-state index in [0.29, 0.717) is 19.4 Å². The second kappa shape index (κ2) is 4.74. The van der Waals surface area contributed by atoms with Gasteiger partial charge in [-0.2, -0.15) is 0 Å². The van der Waals surface area contributed by atoms with Crippen molar-refractivity contribution in [3.8, 4) is 11.4 Å². The number of aliphatic carboxylic acids is 1. The molecule has 0 fully saturated rings. The number of nitrogens with zero attached hydrogens (tertiary/aromatic N) is 3. The maximum absolute atomic E-state index is 11.2. The number of fused-ring (bicyclic) bond motifs is 1. The lowest BCUT2D eigenvalue weighted by atomic mass is 9.98. The lowest BCUT2D eigenvalue weighted by Crippen LogP contribution is -2.27. The summed E-state index contributed by atoms with van der Waals surface area (Å²) in [5, 5.41) is 17.7. The first-order valence-corrected chi connectivity index (χ1v) is 6.79. The molecule has 1 aliphatic heterocycles. The predicted octanol–water partition coefficient (Wildman–Crippen LogP) is 2.21. The maximum Gasteiger partial charge on any atom is 0.308 e. The summed E-state index contributed by atoms with van der Waals surface area (Å²) in [6.45, 7) is 4.58. The Morgan fingerprint density at radius 1 is 1.35 bits per heavy atom. The zero-order chi connectivity index (χ0) is 14.3. The molecule has 0 bridgehead atoms. The molecule has 0 radical (unpaired) electrons. The normalized spacial score (nSPS) is 17.8. The number of benzene rings is 1. The molecular formula is C15H17N3O2. The topological polar surface area (TPSA) is 68.0 Å². The zero-order valence-electron chi connectivity index (χ0n) is 11.6. The highest BCUT2D eigenvalue weighted by atomic mass is 16.4. The van der Waals surface area contributed by atoms with Crippen LogP contribution in [0.3, 0.4) is 0 Å². The molecule has 2 heterocycles. The molecule has 1 aromatic heterocycles. The van der Waals surface area contributed by atoms with E-state index < -0.39 is 5.97 Å². The van der Waals surface area contributed by atoms with Gasteiger partial charge in [-0.15, -0.1) is 10.2 Å². The van der Waals surface area contributed by atoms with Crippen LogP contribution in [0, 0.1) is 19.8 Å². The van der Waals surface area contributed by atoms with Crippen LogP contribution < -0.4 is 0 Å². The highest BCUT2D eigenvalue weighted by Crippen LogP contribution is 2.28. The van der Waals surface area contributed by atoms with Gasteiger partial charge < -0.3 is 9.67 Å². The monoisotopic (exact) mass is 271 g/mol. The summed E-state index contributed by atoms with van der Waals surface area (Å²) in [6.07, 6.45) is 1.31. The van der Waals surface area contributed by atoms with Gasteiger partial charge in [-0.25, -0.2) is 0 Å². The second-order valence-corrected chi connectivity index (χ2v) is 5.37. The van der Waals surface area contributed by atoms with Gasteiger partial charge in [-0.05, 0) is 31.4 Å². The highest BCUT2D eigenvalue weighted by Gasteiger charge is 2.28. The third-order valence-corrected chi connectivity index (χ3v) is 4.14. The van der Waals surface area contributed by atoms with Crippen molar-refractivity contribution in [1.29, 1.82) is 0 Å². The Labute approximate surface area is 117 Å². The largest absolute Gasteiger partial charge is 0.481 e. The van der Waals surface area contributed by atoms with Crippen LogP contribution in [0.5, 0.6) is 0 Å². The molecule has 0 saturated heterocycles. The molecule has 0 aliphatic carbocycles. The van der Waals surface area contributed by atoms with E-state index in [1.807, 2.05) is 16.7 Å². The fourth-order valence-electron chi connectivity index (χ4n) is 2.72. The molecular weight excluding hydrogens is 254 g/mol. The van der Waals surface area contributed by atoms with Gasteiger partial charge >= 0.3 is 5.97 Å². The van der Waals surface area contributed by atoms with Crippen LogP contribution in [-0.4, -0.2) is 25.8 Å². The van der Waals surface area contributed by atoms with E-state index in [4.69, 9.17) is 0 Å². The average Bonchev–Trinajstić information content (AvgIpc) is 2.84. The smallest absolute Gasteiger partial charge is 0.308 e. The average molecular weight is 271 g/mol. The van der Waals surface area contributed by atoms with Crippen molar-refractivity contribution in [3.05, 3.63) is 35.2 Å². The van der Waals surface area contributed by atoms with Crippen molar-refractivity contribution in [3.63, 3.8) is 0 Å². The Morgan fingerprint density at radius 2 is 2.15 bits per heavy atom. The third kappa shape index (κ3) is 1.99. The molecule has 3 rings (SSSR count). The van der Waals surface area contributed by atoms with Gasteiger partial charge in [0.15, 0.2) is 5.82 Å². The Bertz CT molecular complexity index is 676. The maximum atomic E-state index is 11.2. The van der Waals surface area contributed by atoms with Crippen molar-refractivity contribution in [2.75, 3.05) is 0 Å². The number of aryl methyl sites for hydroxylation is 2. The molecule has 1 aliphatic rings. The van der Waals surface area contributed by atoms with Crippen LogP contribution in [0.2, 0.25) is 0 Å². The van der Waals surface area contributed by atoms with E-state index in [1.165, 1.54) is 11.1 Å². The SMILES string of the molecule is Cc1cccc(-c2nnc3n2CC(C(=O)O)CC3)c1C. The van der Waals surface area contributed by atoms with Crippen LogP contribution in [0.25, 0.3) is 11.4 Å². The van der Waals surface area contributed by atoms with Gasteiger partial charge in [0.25, 0.3) is 0 Å². The van der Waals surface area contributed by atoms with Crippen LogP contribution in [-0.2, 0) is 17.8 Å². The van der Waals surface area contributed by atoms with E-state index in [9.17, 15) is 9.90 Å². The number of aromatic nitrogens is 3. The summed E-state index contributed by atoms with van der Waals surface area (Å²) in [4.78, 5) is 11.2. The quantitative estimate of drug-likeness (QED) is 0.909. The summed E-state index contributed by atoms with van der Waals surface area (Å²) in [6, 6.07) is 6.08. The van der Waals surface area contributed by atoms with E-state index >= 15 is 0 Å². The minimum absolute atomic E-state index is 0.345. The summed E-state index contributed by atoms with van der Waals surface area (Å²) in [5.41, 5.74) is 3.40. The Balaban J connectivity index is 2.07. The molecule has 1 unspecified atom stereocenters. The van der Waals surface area contributed by atoms with Crippen LogP contribution >= 0.6 is 0 Å². The van der Waals surface area contributed by atoms with Gasteiger partial charge in [0.05, 0.1) is 5.92 Å². The standard InChI is InChI=1S/C15H17N3O2/c1-9-4-3-5-12(10(9)2)14-17-16-13-7-6-11(15(19)20)8-18(13)14/h3-5,11H,6-8H2,1-2H3,(H,19,20). The molecule has 1 atom stereocenters. The number of hydrogen-bond acceptors (Lipinski definition) is 3. The Kier molecular flexibility index (Phi) is 3.04. The van der Waals surface area contributed by atoms with Crippen molar-refractivity contribution in [2.45, 2.75) is 33.2 Å².